The molecule has 2 nitrogen and oxygen atoms in total. The van der Waals surface area contributed by atoms with Crippen LogP contribution in [0.1, 0.15) is 25.5 Å². The first-order chi connectivity index (χ1) is 11.8. The average Bonchev–Trinajstić information content (AvgIpc) is 3.05. The molecule has 0 aliphatic heterocycles. The summed E-state index contributed by atoms with van der Waals surface area (Å²) in [5.41, 5.74) is 4.63. The number of hydrogen-bond donors (Lipinski definition) is 0. The van der Waals surface area contributed by atoms with Crippen molar-refractivity contribution in [1.29, 1.82) is 0 Å². The van der Waals surface area contributed by atoms with Gasteiger partial charge in [-0.2, -0.15) is 5.10 Å². The second kappa shape index (κ2) is 6.40. The number of rotatable bonds is 4. The largest absolute Gasteiger partial charge is 0.231 e. The number of unbranched alkanes of at least 4 members (excludes halogenated alkanes) is 1. The monoisotopic (exact) mass is 378 g/mol. The van der Waals surface area contributed by atoms with Crippen LogP contribution in [0.4, 0.5) is 0 Å². The number of benzene rings is 2. The number of aromatic nitrogens is 2. The zero-order valence-electron chi connectivity index (χ0n) is 13.7. The van der Waals surface area contributed by atoms with E-state index in [0.29, 0.717) is 0 Å². The fourth-order valence-corrected chi connectivity index (χ4v) is 3.98. The topological polar surface area (TPSA) is 17.3 Å². The number of halogens is 1. The molecule has 0 saturated heterocycles. The Bertz CT molecular complexity index is 1000. The highest BCUT2D eigenvalue weighted by molar-refractivity contribution is 9.10. The lowest BCUT2D eigenvalue weighted by Crippen LogP contribution is -1.98. The van der Waals surface area contributed by atoms with E-state index in [-0.39, 0.29) is 0 Å². The third kappa shape index (κ3) is 2.53. The average molecular weight is 379 g/mol. The number of pyridine rings is 1. The summed E-state index contributed by atoms with van der Waals surface area (Å²) < 4.78 is 3.20. The highest BCUT2D eigenvalue weighted by atomic mass is 79.9. The molecule has 2 aromatic carbocycles. The van der Waals surface area contributed by atoms with Crippen LogP contribution in [-0.4, -0.2) is 9.61 Å². The van der Waals surface area contributed by atoms with Crippen molar-refractivity contribution in [1.82, 2.24) is 9.61 Å². The molecule has 0 radical (unpaired) electrons. The molecular formula is C21H19BrN2. The van der Waals surface area contributed by atoms with E-state index in [1.807, 2.05) is 6.07 Å². The molecule has 2 aromatic heterocycles. The van der Waals surface area contributed by atoms with Crippen LogP contribution in [0, 0.1) is 0 Å². The summed E-state index contributed by atoms with van der Waals surface area (Å²) in [6.07, 6.45) is 3.38. The second-order valence-corrected chi connectivity index (χ2v) is 6.90. The maximum Gasteiger partial charge on any atom is 0.0873 e. The summed E-state index contributed by atoms with van der Waals surface area (Å²) in [5.74, 6) is 0. The summed E-state index contributed by atoms with van der Waals surface area (Å²) in [4.78, 5) is 0. The van der Waals surface area contributed by atoms with Crippen LogP contribution >= 0.6 is 15.9 Å². The number of nitrogens with zero attached hydrogens (tertiary/aromatic N) is 2. The van der Waals surface area contributed by atoms with Crippen molar-refractivity contribution >= 4 is 32.2 Å². The Morgan fingerprint density at radius 1 is 0.958 bits per heavy atom. The number of aryl methyl sites for hydroxylation is 1. The summed E-state index contributed by atoms with van der Waals surface area (Å²) in [6, 6.07) is 21.3. The summed E-state index contributed by atoms with van der Waals surface area (Å²) >= 11 is 3.84. The molecule has 2 heterocycles. The van der Waals surface area contributed by atoms with Gasteiger partial charge in [0.25, 0.3) is 0 Å². The van der Waals surface area contributed by atoms with E-state index < -0.39 is 0 Å². The van der Waals surface area contributed by atoms with Crippen LogP contribution in [-0.2, 0) is 6.42 Å². The highest BCUT2D eigenvalue weighted by Gasteiger charge is 2.16. The predicted octanol–water partition coefficient (Wildman–Crippen LogP) is 6.26. The fourth-order valence-electron chi connectivity index (χ4n) is 3.24. The van der Waals surface area contributed by atoms with E-state index in [0.717, 1.165) is 22.3 Å². The van der Waals surface area contributed by atoms with Gasteiger partial charge in [0.1, 0.15) is 0 Å². The molecule has 3 heteroatoms. The zero-order valence-corrected chi connectivity index (χ0v) is 15.3. The molecule has 0 fully saturated rings. The van der Waals surface area contributed by atoms with Crippen LogP contribution in [0.15, 0.2) is 65.1 Å². The highest BCUT2D eigenvalue weighted by Crippen LogP contribution is 2.37. The normalized spacial score (nSPS) is 11.4. The van der Waals surface area contributed by atoms with E-state index in [4.69, 9.17) is 5.10 Å². The molecule has 0 aliphatic rings. The predicted molar refractivity (Wildman–Crippen MR) is 104 cm³/mol. The van der Waals surface area contributed by atoms with Crippen LogP contribution in [0.25, 0.3) is 27.5 Å². The van der Waals surface area contributed by atoms with Crippen molar-refractivity contribution in [2.75, 3.05) is 0 Å². The van der Waals surface area contributed by atoms with Crippen LogP contribution in [0.5, 0.6) is 0 Å². The molecule has 0 saturated carbocycles. The van der Waals surface area contributed by atoms with Crippen LogP contribution in [0.3, 0.4) is 0 Å². The van der Waals surface area contributed by atoms with Crippen molar-refractivity contribution < 1.29 is 0 Å². The lowest BCUT2D eigenvalue weighted by molar-refractivity contribution is 0.763. The van der Waals surface area contributed by atoms with Gasteiger partial charge in [-0.25, -0.2) is 4.52 Å². The molecule has 0 amide bonds. The Kier molecular flexibility index (Phi) is 4.11. The Morgan fingerprint density at radius 2 is 1.67 bits per heavy atom. The van der Waals surface area contributed by atoms with E-state index in [1.54, 1.807) is 0 Å². The van der Waals surface area contributed by atoms with Crippen molar-refractivity contribution in [3.63, 3.8) is 0 Å². The molecule has 0 unspecified atom stereocenters. The first-order valence-electron chi connectivity index (χ1n) is 8.44. The van der Waals surface area contributed by atoms with Crippen molar-refractivity contribution in [2.24, 2.45) is 0 Å². The van der Waals surface area contributed by atoms with Gasteiger partial charge in [0.15, 0.2) is 0 Å². The first kappa shape index (κ1) is 15.4. The van der Waals surface area contributed by atoms with Crippen molar-refractivity contribution in [2.45, 2.75) is 26.2 Å². The smallest absolute Gasteiger partial charge is 0.0873 e. The van der Waals surface area contributed by atoms with Gasteiger partial charge >= 0.3 is 0 Å². The zero-order chi connectivity index (χ0) is 16.5. The molecule has 0 bridgehead atoms. The van der Waals surface area contributed by atoms with Gasteiger partial charge in [0.2, 0.25) is 0 Å². The first-order valence-corrected chi connectivity index (χ1v) is 9.23. The third-order valence-corrected chi connectivity index (χ3v) is 5.26. The number of fused-ring (bicyclic) bond motifs is 3. The van der Waals surface area contributed by atoms with Gasteiger partial charge in [0.05, 0.1) is 21.4 Å². The van der Waals surface area contributed by atoms with Gasteiger partial charge in [-0.05, 0) is 34.8 Å². The minimum atomic E-state index is 1.03. The van der Waals surface area contributed by atoms with E-state index in [1.165, 1.54) is 34.7 Å². The Balaban J connectivity index is 2.08. The Hall–Kier alpha value is -2.13. The summed E-state index contributed by atoms with van der Waals surface area (Å²) in [7, 11) is 0. The van der Waals surface area contributed by atoms with Crippen molar-refractivity contribution in [3.05, 3.63) is 70.8 Å². The minimum Gasteiger partial charge on any atom is -0.231 e. The number of hydrogen-bond acceptors (Lipinski definition) is 1. The molecule has 0 aliphatic carbocycles. The van der Waals surface area contributed by atoms with Gasteiger partial charge < -0.3 is 0 Å². The molecule has 24 heavy (non-hydrogen) atoms. The molecule has 0 spiro atoms. The summed E-state index contributed by atoms with van der Waals surface area (Å²) in [5, 5.41) is 7.39. The standard InChI is InChI=1S/C21H19BrN2/c1-2-3-11-16-14-19-17-12-7-8-13-18(17)20(22)21(24(19)23-16)15-9-5-4-6-10-15/h4-10,12-14H,2-3,11H2,1H3. The Labute approximate surface area is 150 Å². The van der Waals surface area contributed by atoms with Gasteiger partial charge in [-0.1, -0.05) is 67.9 Å². The van der Waals surface area contributed by atoms with E-state index in [9.17, 15) is 0 Å². The SMILES string of the molecule is CCCCc1cc2c3ccccc3c(Br)c(-c3ccccc3)n2n1. The van der Waals surface area contributed by atoms with Gasteiger partial charge in [-0.3, -0.25) is 0 Å². The Morgan fingerprint density at radius 3 is 2.42 bits per heavy atom. The molecule has 120 valence electrons. The van der Waals surface area contributed by atoms with Gasteiger partial charge in [-0.15, -0.1) is 0 Å². The molecule has 0 atom stereocenters. The van der Waals surface area contributed by atoms with E-state index in [2.05, 4.69) is 82.0 Å². The molecule has 4 aromatic rings. The maximum absolute atomic E-state index is 4.92. The second-order valence-electron chi connectivity index (χ2n) is 6.11. The van der Waals surface area contributed by atoms with Gasteiger partial charge in [0, 0.05) is 16.3 Å². The maximum atomic E-state index is 4.92. The molecular weight excluding hydrogens is 360 g/mol. The van der Waals surface area contributed by atoms with Crippen LogP contribution in [0.2, 0.25) is 0 Å². The van der Waals surface area contributed by atoms with Crippen molar-refractivity contribution in [3.8, 4) is 11.3 Å². The van der Waals surface area contributed by atoms with Crippen LogP contribution < -0.4 is 0 Å². The summed E-state index contributed by atoms with van der Waals surface area (Å²) in [6.45, 7) is 2.22. The fraction of sp³-hybridized carbons (Fsp3) is 0.190. The lowest BCUT2D eigenvalue weighted by Gasteiger charge is -2.12. The third-order valence-electron chi connectivity index (χ3n) is 4.45. The quantitative estimate of drug-likeness (QED) is 0.409. The van der Waals surface area contributed by atoms with E-state index >= 15 is 0 Å². The molecule has 0 N–H and O–H groups in total. The molecule has 4 rings (SSSR count). The minimum absolute atomic E-state index is 1.03. The lowest BCUT2D eigenvalue weighted by atomic mass is 10.1.